The quantitative estimate of drug-likeness (QED) is 0.771. The molecule has 0 aliphatic heterocycles. The Balaban J connectivity index is 2.54. The lowest BCUT2D eigenvalue weighted by atomic mass is 10.3. The third-order valence-electron chi connectivity index (χ3n) is 2.00. The molecular formula is C11H16O2Si. The maximum absolute atomic E-state index is 9.07. The minimum atomic E-state index is -1.39. The van der Waals surface area contributed by atoms with Gasteiger partial charge in [0.25, 0.3) is 0 Å². The van der Waals surface area contributed by atoms with Crippen molar-refractivity contribution in [1.82, 2.24) is 0 Å². The second kappa shape index (κ2) is 4.33. The van der Waals surface area contributed by atoms with Crippen molar-refractivity contribution in [2.75, 3.05) is 6.23 Å². The molecule has 1 N–H and O–H groups in total. The van der Waals surface area contributed by atoms with Crippen LogP contribution in [-0.2, 0) is 0 Å². The number of aromatic hydroxyl groups is 1. The van der Waals surface area contributed by atoms with E-state index in [0.717, 1.165) is 12.0 Å². The number of rotatable bonds is 4. The van der Waals surface area contributed by atoms with Gasteiger partial charge in [0.15, 0.2) is 0 Å². The summed E-state index contributed by atoms with van der Waals surface area (Å²) in [5, 5.41) is 9.07. The molecule has 0 aliphatic rings. The lowest BCUT2D eigenvalue weighted by Crippen LogP contribution is -2.31. The Morgan fingerprint density at radius 1 is 1.36 bits per heavy atom. The molecule has 0 heterocycles. The maximum atomic E-state index is 9.07. The van der Waals surface area contributed by atoms with Gasteiger partial charge in [0.05, 0.1) is 6.23 Å². The zero-order valence-corrected chi connectivity index (χ0v) is 9.66. The summed E-state index contributed by atoms with van der Waals surface area (Å²) in [5.74, 6) is 1.06. The van der Waals surface area contributed by atoms with Crippen LogP contribution >= 0.6 is 0 Å². The molecule has 0 bridgehead atoms. The molecule has 3 heteroatoms. The molecule has 2 nitrogen and oxygen atoms in total. The van der Waals surface area contributed by atoms with Gasteiger partial charge in [-0.3, -0.25) is 0 Å². The number of benzene rings is 1. The standard InChI is InChI=1S/C11H16O2Si/c1-4-14(2,3)9-13-11-7-5-10(12)6-8-11/h4-8,12H,1,9H2,2-3H3. The van der Waals surface area contributed by atoms with Gasteiger partial charge in [0, 0.05) is 0 Å². The second-order valence-corrected chi connectivity index (χ2v) is 8.65. The number of hydrogen-bond acceptors (Lipinski definition) is 2. The molecule has 14 heavy (non-hydrogen) atoms. The summed E-state index contributed by atoms with van der Waals surface area (Å²) >= 11 is 0. The monoisotopic (exact) mass is 208 g/mol. The molecule has 0 radical (unpaired) electrons. The van der Waals surface area contributed by atoms with Gasteiger partial charge < -0.3 is 9.84 Å². The SMILES string of the molecule is C=C[Si](C)(C)COc1ccc(O)cc1. The van der Waals surface area contributed by atoms with Crippen LogP contribution in [0.25, 0.3) is 0 Å². The first-order valence-corrected chi connectivity index (χ1v) is 7.87. The normalized spacial score (nSPS) is 11.0. The minimum Gasteiger partial charge on any atom is -0.508 e. The molecular weight excluding hydrogens is 192 g/mol. The molecule has 0 unspecified atom stereocenters. The first kappa shape index (κ1) is 10.9. The van der Waals surface area contributed by atoms with E-state index in [0.29, 0.717) is 0 Å². The summed E-state index contributed by atoms with van der Waals surface area (Å²) in [6, 6.07) is 6.78. The van der Waals surface area contributed by atoms with Gasteiger partial charge in [0.1, 0.15) is 19.6 Å². The van der Waals surface area contributed by atoms with Crippen LogP contribution in [0.2, 0.25) is 13.1 Å². The highest BCUT2D eigenvalue weighted by Gasteiger charge is 2.16. The predicted molar refractivity (Wildman–Crippen MR) is 61.3 cm³/mol. The van der Waals surface area contributed by atoms with Gasteiger partial charge in [-0.2, -0.15) is 0 Å². The Kier molecular flexibility index (Phi) is 3.36. The van der Waals surface area contributed by atoms with Crippen molar-refractivity contribution in [2.24, 2.45) is 0 Å². The fourth-order valence-electron chi connectivity index (χ4n) is 0.871. The van der Waals surface area contributed by atoms with Crippen LogP contribution in [0.5, 0.6) is 11.5 Å². The van der Waals surface area contributed by atoms with E-state index in [1.54, 1.807) is 24.3 Å². The van der Waals surface area contributed by atoms with Crippen molar-refractivity contribution >= 4 is 8.07 Å². The molecule has 1 aromatic rings. The van der Waals surface area contributed by atoms with Crippen molar-refractivity contribution < 1.29 is 9.84 Å². The van der Waals surface area contributed by atoms with E-state index < -0.39 is 8.07 Å². The van der Waals surface area contributed by atoms with E-state index in [-0.39, 0.29) is 5.75 Å². The molecule has 0 spiro atoms. The molecule has 1 rings (SSSR count). The largest absolute Gasteiger partial charge is 0.508 e. The smallest absolute Gasteiger partial charge is 0.119 e. The Labute approximate surface area is 85.9 Å². The number of ether oxygens (including phenoxy) is 1. The second-order valence-electron chi connectivity index (χ2n) is 3.98. The van der Waals surface area contributed by atoms with Crippen LogP contribution < -0.4 is 4.74 Å². The van der Waals surface area contributed by atoms with Crippen LogP contribution in [0.1, 0.15) is 0 Å². The molecule has 0 fully saturated rings. The zero-order valence-electron chi connectivity index (χ0n) is 8.66. The summed E-state index contributed by atoms with van der Waals surface area (Å²) in [5.41, 5.74) is 2.01. The Hall–Kier alpha value is -1.22. The van der Waals surface area contributed by atoms with Gasteiger partial charge in [0.2, 0.25) is 0 Å². The molecule has 0 aromatic heterocycles. The lowest BCUT2D eigenvalue weighted by Gasteiger charge is -2.17. The summed E-state index contributed by atoms with van der Waals surface area (Å²) in [4.78, 5) is 0. The number of hydrogen-bond donors (Lipinski definition) is 1. The van der Waals surface area contributed by atoms with E-state index in [4.69, 9.17) is 9.84 Å². The third kappa shape index (κ3) is 3.26. The Bertz CT molecular complexity index is 304. The van der Waals surface area contributed by atoms with E-state index in [9.17, 15) is 0 Å². The average Bonchev–Trinajstić information content (AvgIpc) is 2.17. The Morgan fingerprint density at radius 3 is 2.43 bits per heavy atom. The minimum absolute atomic E-state index is 0.262. The van der Waals surface area contributed by atoms with Crippen LogP contribution in [0.15, 0.2) is 36.5 Å². The number of phenolic OH excluding ortho intramolecular Hbond substituents is 1. The van der Waals surface area contributed by atoms with Crippen molar-refractivity contribution in [3.63, 3.8) is 0 Å². The molecule has 0 amide bonds. The summed E-state index contributed by atoms with van der Waals surface area (Å²) < 4.78 is 5.60. The number of phenols is 1. The van der Waals surface area contributed by atoms with E-state index in [1.807, 2.05) is 5.70 Å². The van der Waals surface area contributed by atoms with Crippen LogP contribution in [0.3, 0.4) is 0 Å². The molecule has 0 aliphatic carbocycles. The van der Waals surface area contributed by atoms with Crippen molar-refractivity contribution in [3.05, 3.63) is 36.5 Å². The van der Waals surface area contributed by atoms with Gasteiger partial charge in [-0.05, 0) is 24.3 Å². The maximum Gasteiger partial charge on any atom is 0.119 e. The molecule has 0 saturated carbocycles. The van der Waals surface area contributed by atoms with Crippen LogP contribution in [-0.4, -0.2) is 19.4 Å². The van der Waals surface area contributed by atoms with Gasteiger partial charge in [-0.1, -0.05) is 18.8 Å². The van der Waals surface area contributed by atoms with Crippen molar-refractivity contribution in [3.8, 4) is 11.5 Å². The first-order valence-electron chi connectivity index (χ1n) is 4.59. The van der Waals surface area contributed by atoms with Crippen LogP contribution in [0.4, 0.5) is 0 Å². The summed E-state index contributed by atoms with van der Waals surface area (Å²) in [6.07, 6.45) is 0.723. The Morgan fingerprint density at radius 2 is 1.93 bits per heavy atom. The first-order chi connectivity index (χ1) is 6.53. The topological polar surface area (TPSA) is 29.5 Å². The highest BCUT2D eigenvalue weighted by Crippen LogP contribution is 2.17. The average molecular weight is 208 g/mol. The molecule has 1 aromatic carbocycles. The van der Waals surface area contributed by atoms with E-state index >= 15 is 0 Å². The zero-order chi connectivity index (χ0) is 10.6. The van der Waals surface area contributed by atoms with Crippen LogP contribution in [0, 0.1) is 0 Å². The predicted octanol–water partition coefficient (Wildman–Crippen LogP) is 2.74. The summed E-state index contributed by atoms with van der Waals surface area (Å²) in [6.45, 7) is 8.19. The van der Waals surface area contributed by atoms with Crippen molar-refractivity contribution in [2.45, 2.75) is 13.1 Å². The molecule has 76 valence electrons. The third-order valence-corrected chi connectivity index (χ3v) is 3.99. The van der Waals surface area contributed by atoms with Gasteiger partial charge >= 0.3 is 0 Å². The fourth-order valence-corrected chi connectivity index (χ4v) is 1.53. The van der Waals surface area contributed by atoms with Gasteiger partial charge in [-0.15, -0.1) is 6.58 Å². The van der Waals surface area contributed by atoms with Crippen molar-refractivity contribution in [1.29, 1.82) is 0 Å². The van der Waals surface area contributed by atoms with E-state index in [1.165, 1.54) is 0 Å². The molecule has 0 saturated heterocycles. The fraction of sp³-hybridized carbons (Fsp3) is 0.273. The lowest BCUT2D eigenvalue weighted by molar-refractivity contribution is 0.377. The highest BCUT2D eigenvalue weighted by molar-refractivity contribution is 6.82. The van der Waals surface area contributed by atoms with Gasteiger partial charge in [-0.25, -0.2) is 0 Å². The summed E-state index contributed by atoms with van der Waals surface area (Å²) in [7, 11) is -1.39. The molecule has 0 atom stereocenters. The highest BCUT2D eigenvalue weighted by atomic mass is 28.3. The van der Waals surface area contributed by atoms with E-state index in [2.05, 4.69) is 19.7 Å².